The van der Waals surface area contributed by atoms with E-state index in [2.05, 4.69) is 5.32 Å². The normalized spacial score (nSPS) is 9.14. The molecule has 0 fully saturated rings. The van der Waals surface area contributed by atoms with E-state index in [0.717, 1.165) is 6.42 Å². The van der Waals surface area contributed by atoms with Crippen LogP contribution < -0.4 is 10.4 Å². The molecule has 1 aromatic rings. The zero-order valence-corrected chi connectivity index (χ0v) is 8.57. The standard InChI is InChI=1S/C10H13NO2.Cu/c12-10(13)8-11-7-6-9-4-2-1-3-5-9;/h1-5,11H,6-8H2,(H,12,13);/q;+1/p-1. The van der Waals surface area contributed by atoms with E-state index in [4.69, 9.17) is 0 Å². The molecule has 1 rings (SSSR count). The van der Waals surface area contributed by atoms with E-state index in [1.807, 2.05) is 30.3 Å². The quantitative estimate of drug-likeness (QED) is 0.562. The number of aliphatic carboxylic acids is 1. The molecule has 0 unspecified atom stereocenters. The molecule has 0 aliphatic rings. The topological polar surface area (TPSA) is 52.2 Å². The van der Waals surface area contributed by atoms with Crippen LogP contribution in [0.2, 0.25) is 0 Å². The maximum atomic E-state index is 10.0. The summed E-state index contributed by atoms with van der Waals surface area (Å²) in [5, 5.41) is 12.8. The Hall–Kier alpha value is -0.831. The van der Waals surface area contributed by atoms with Gasteiger partial charge in [0.15, 0.2) is 0 Å². The fourth-order valence-corrected chi connectivity index (χ4v) is 1.07. The SMILES string of the molecule is O=C([O-])CNCCc1ccccc1.[Cu+]. The number of carboxylic acids is 1. The van der Waals surface area contributed by atoms with Crippen LogP contribution in [0.25, 0.3) is 0 Å². The first-order valence-corrected chi connectivity index (χ1v) is 4.23. The molecule has 0 radical (unpaired) electrons. The van der Waals surface area contributed by atoms with E-state index in [1.54, 1.807) is 0 Å². The third-order valence-corrected chi connectivity index (χ3v) is 1.70. The Bertz CT molecular complexity index is 264. The second-order valence-electron chi connectivity index (χ2n) is 2.78. The molecule has 0 heterocycles. The van der Waals surface area contributed by atoms with Gasteiger partial charge in [0.2, 0.25) is 0 Å². The van der Waals surface area contributed by atoms with Crippen LogP contribution in [0.5, 0.6) is 0 Å². The largest absolute Gasteiger partial charge is 1.00 e. The summed E-state index contributed by atoms with van der Waals surface area (Å²) in [6, 6.07) is 9.92. The fourth-order valence-electron chi connectivity index (χ4n) is 1.07. The Morgan fingerprint density at radius 2 is 1.93 bits per heavy atom. The molecule has 14 heavy (non-hydrogen) atoms. The Balaban J connectivity index is 0.00000169. The zero-order valence-electron chi connectivity index (χ0n) is 7.63. The molecule has 0 bridgehead atoms. The first-order valence-electron chi connectivity index (χ1n) is 4.23. The van der Waals surface area contributed by atoms with Crippen molar-refractivity contribution in [2.45, 2.75) is 6.42 Å². The predicted molar refractivity (Wildman–Crippen MR) is 48.0 cm³/mol. The van der Waals surface area contributed by atoms with Crippen molar-refractivity contribution in [3.63, 3.8) is 0 Å². The molecule has 4 heteroatoms. The summed E-state index contributed by atoms with van der Waals surface area (Å²) in [5.74, 6) is -1.06. The van der Waals surface area contributed by atoms with Crippen molar-refractivity contribution in [2.24, 2.45) is 0 Å². The average Bonchev–Trinajstić information content (AvgIpc) is 2.14. The summed E-state index contributed by atoms with van der Waals surface area (Å²) in [6.07, 6.45) is 0.841. The fraction of sp³-hybridized carbons (Fsp3) is 0.300. The van der Waals surface area contributed by atoms with E-state index >= 15 is 0 Å². The van der Waals surface area contributed by atoms with E-state index in [9.17, 15) is 9.90 Å². The van der Waals surface area contributed by atoms with Crippen molar-refractivity contribution >= 4 is 5.97 Å². The number of hydrogen-bond acceptors (Lipinski definition) is 3. The Morgan fingerprint density at radius 3 is 2.50 bits per heavy atom. The van der Waals surface area contributed by atoms with Gasteiger partial charge in [-0.25, -0.2) is 0 Å². The summed E-state index contributed by atoms with van der Waals surface area (Å²) in [4.78, 5) is 10.0. The molecule has 0 aliphatic heterocycles. The summed E-state index contributed by atoms with van der Waals surface area (Å²) >= 11 is 0. The van der Waals surface area contributed by atoms with Crippen LogP contribution in [0, 0.1) is 0 Å². The van der Waals surface area contributed by atoms with Crippen molar-refractivity contribution in [3.05, 3.63) is 35.9 Å². The first-order chi connectivity index (χ1) is 6.29. The summed E-state index contributed by atoms with van der Waals surface area (Å²) < 4.78 is 0. The molecule has 0 amide bonds. The minimum Gasteiger partial charge on any atom is -0.549 e. The monoisotopic (exact) mass is 241 g/mol. The van der Waals surface area contributed by atoms with Crippen LogP contribution in [-0.4, -0.2) is 19.1 Å². The van der Waals surface area contributed by atoms with E-state index in [1.165, 1.54) is 5.56 Å². The van der Waals surface area contributed by atoms with Gasteiger partial charge < -0.3 is 15.2 Å². The molecule has 1 N–H and O–H groups in total. The third-order valence-electron chi connectivity index (χ3n) is 1.70. The number of hydrogen-bond donors (Lipinski definition) is 1. The molecule has 0 saturated carbocycles. The molecular weight excluding hydrogens is 230 g/mol. The molecule has 0 aliphatic carbocycles. The molecule has 1 aromatic carbocycles. The Morgan fingerprint density at radius 1 is 1.29 bits per heavy atom. The van der Waals surface area contributed by atoms with Gasteiger partial charge in [0, 0.05) is 6.54 Å². The number of carboxylic acid groups (broad SMARTS) is 1. The van der Waals surface area contributed by atoms with Crippen molar-refractivity contribution in [1.82, 2.24) is 5.32 Å². The predicted octanol–water partition coefficient (Wildman–Crippen LogP) is -0.434. The van der Waals surface area contributed by atoms with Gasteiger partial charge in [-0.05, 0) is 18.5 Å². The third kappa shape index (κ3) is 5.75. The van der Waals surface area contributed by atoms with Gasteiger partial charge in [0.25, 0.3) is 0 Å². The van der Waals surface area contributed by atoms with Gasteiger partial charge in [0.05, 0.1) is 5.97 Å². The van der Waals surface area contributed by atoms with Crippen molar-refractivity contribution in [2.75, 3.05) is 13.1 Å². The van der Waals surface area contributed by atoms with Gasteiger partial charge in [-0.2, -0.15) is 0 Å². The molecule has 0 saturated heterocycles. The maximum absolute atomic E-state index is 10.0. The summed E-state index contributed by atoms with van der Waals surface area (Å²) in [5.41, 5.74) is 1.20. The second kappa shape index (κ2) is 7.56. The average molecular weight is 242 g/mol. The number of nitrogens with one attached hydrogen (secondary N) is 1. The minimum atomic E-state index is -1.06. The summed E-state index contributed by atoms with van der Waals surface area (Å²) in [6.45, 7) is 0.588. The van der Waals surface area contributed by atoms with Crippen molar-refractivity contribution in [1.29, 1.82) is 0 Å². The van der Waals surface area contributed by atoms with Crippen LogP contribution >= 0.6 is 0 Å². The number of carbonyl (C=O) groups excluding carboxylic acids is 1. The van der Waals surface area contributed by atoms with Crippen molar-refractivity contribution in [3.8, 4) is 0 Å². The second-order valence-corrected chi connectivity index (χ2v) is 2.78. The van der Waals surface area contributed by atoms with E-state index in [-0.39, 0.29) is 23.6 Å². The van der Waals surface area contributed by atoms with Crippen LogP contribution in [0.1, 0.15) is 5.56 Å². The first kappa shape index (κ1) is 13.2. The van der Waals surface area contributed by atoms with Crippen molar-refractivity contribution < 1.29 is 27.0 Å². The zero-order chi connectivity index (χ0) is 9.52. The van der Waals surface area contributed by atoms with Gasteiger partial charge in [0.1, 0.15) is 0 Å². The smallest absolute Gasteiger partial charge is 0.549 e. The van der Waals surface area contributed by atoms with Gasteiger partial charge in [-0.15, -0.1) is 0 Å². The van der Waals surface area contributed by atoms with Crippen LogP contribution in [0.4, 0.5) is 0 Å². The molecular formula is C10H12CuNO2. The van der Waals surface area contributed by atoms with Gasteiger partial charge in [-0.1, -0.05) is 30.3 Å². The number of benzene rings is 1. The van der Waals surface area contributed by atoms with Crippen LogP contribution in [0.15, 0.2) is 30.3 Å². The molecule has 3 nitrogen and oxygen atoms in total. The number of carbonyl (C=O) groups is 1. The summed E-state index contributed by atoms with van der Waals surface area (Å²) in [7, 11) is 0. The van der Waals surface area contributed by atoms with Crippen LogP contribution in [-0.2, 0) is 28.3 Å². The minimum absolute atomic E-state index is 0. The molecule has 80 valence electrons. The molecule has 0 atom stereocenters. The van der Waals surface area contributed by atoms with E-state index < -0.39 is 5.97 Å². The Kier molecular flexibility index (Phi) is 7.11. The molecule has 0 spiro atoms. The van der Waals surface area contributed by atoms with Gasteiger partial charge in [-0.3, -0.25) is 0 Å². The number of rotatable bonds is 5. The molecule has 0 aromatic heterocycles. The maximum Gasteiger partial charge on any atom is 1.00 e. The van der Waals surface area contributed by atoms with Gasteiger partial charge >= 0.3 is 17.1 Å². The van der Waals surface area contributed by atoms with Crippen LogP contribution in [0.3, 0.4) is 0 Å². The Labute approximate surface area is 94.0 Å². The van der Waals surface area contributed by atoms with E-state index in [0.29, 0.717) is 6.54 Å².